The first-order valence-electron chi connectivity index (χ1n) is 3.53. The average Bonchev–Trinajstić information content (AvgIpc) is 2.15. The first kappa shape index (κ1) is 7.85. The highest BCUT2D eigenvalue weighted by Gasteiger charge is 2.07. The number of hydrogen-bond donors (Lipinski definition) is 0. The Morgan fingerprint density at radius 1 is 1.31 bits per heavy atom. The first-order valence-corrected chi connectivity index (χ1v) is 3.53. The van der Waals surface area contributed by atoms with Crippen LogP contribution in [0.5, 0.6) is 0 Å². The van der Waals surface area contributed by atoms with Crippen LogP contribution in [0.2, 0.25) is 0 Å². The fourth-order valence-corrected chi connectivity index (χ4v) is 1.11. The van der Waals surface area contributed by atoms with Crippen LogP contribution in [-0.2, 0) is 0 Å². The van der Waals surface area contributed by atoms with Crippen molar-refractivity contribution in [2.24, 2.45) is 0 Å². The van der Waals surface area contributed by atoms with E-state index in [1.807, 2.05) is 0 Å². The topological polar surface area (TPSA) is 34.9 Å². The lowest BCUT2D eigenvalue weighted by atomic mass is 10.2. The van der Waals surface area contributed by atoms with Crippen molar-refractivity contribution in [3.05, 3.63) is 40.7 Å². The second kappa shape index (κ2) is 2.62. The Morgan fingerprint density at radius 2 is 2.00 bits per heavy atom. The van der Waals surface area contributed by atoms with Gasteiger partial charge in [0.05, 0.1) is 10.9 Å². The van der Waals surface area contributed by atoms with Gasteiger partial charge in [-0.15, -0.1) is 4.79 Å². The van der Waals surface area contributed by atoms with Gasteiger partial charge in [0.25, 0.3) is 0 Å². The van der Waals surface area contributed by atoms with E-state index >= 15 is 0 Å². The number of halogens is 2. The third kappa shape index (κ3) is 1.09. The van der Waals surface area contributed by atoms with Crippen LogP contribution >= 0.6 is 0 Å². The largest absolute Gasteiger partial charge is 0.379 e. The molecule has 0 atom stereocenters. The van der Waals surface area contributed by atoms with Gasteiger partial charge in [0.2, 0.25) is 5.95 Å². The molecule has 2 aromatic rings. The Labute approximate surface area is 71.2 Å². The molecule has 0 bridgehead atoms. The van der Waals surface area contributed by atoms with Crippen LogP contribution in [0.4, 0.5) is 8.87 Å². The number of aromatic nitrogens is 2. The van der Waals surface area contributed by atoms with E-state index in [2.05, 4.69) is 4.98 Å². The van der Waals surface area contributed by atoms with E-state index in [9.17, 15) is 13.7 Å². The molecule has 0 spiro atoms. The molecule has 0 fully saturated rings. The third-order valence-corrected chi connectivity index (χ3v) is 1.70. The minimum absolute atomic E-state index is 0.00963. The molecule has 1 aromatic carbocycles. The van der Waals surface area contributed by atoms with Crippen molar-refractivity contribution in [2.75, 3.05) is 0 Å². The molecule has 0 aliphatic carbocycles. The number of para-hydroxylation sites is 1. The lowest BCUT2D eigenvalue weighted by molar-refractivity contribution is 0.357. The summed E-state index contributed by atoms with van der Waals surface area (Å²) in [6.07, 6.45) is 0. The summed E-state index contributed by atoms with van der Waals surface area (Å²) in [6, 6.07) is 5.71. The Bertz CT molecular complexity index is 521. The molecule has 0 saturated heterocycles. The average molecular weight is 182 g/mol. The van der Waals surface area contributed by atoms with Crippen molar-refractivity contribution in [1.29, 1.82) is 0 Å². The van der Waals surface area contributed by atoms with Gasteiger partial charge in [-0.25, -0.2) is 4.79 Å². The van der Waals surface area contributed by atoms with E-state index in [-0.39, 0.29) is 15.7 Å². The fourth-order valence-electron chi connectivity index (χ4n) is 1.11. The number of benzene rings is 1. The molecule has 0 aliphatic heterocycles. The number of nitrogens with zero attached hydrogens (tertiary/aromatic N) is 2. The van der Waals surface area contributed by atoms with Crippen molar-refractivity contribution < 1.29 is 8.87 Å². The molecule has 0 N–H and O–H groups in total. The molecular formula is C8H4F2N2O. The molecule has 5 heteroatoms. The molecule has 2 rings (SSSR count). The first-order chi connectivity index (χ1) is 6.20. The lowest BCUT2D eigenvalue weighted by Gasteiger charge is -1.99. The zero-order valence-electron chi connectivity index (χ0n) is 6.37. The molecule has 0 amide bonds. The Balaban J connectivity index is 3.06. The Morgan fingerprint density at radius 3 is 2.77 bits per heavy atom. The van der Waals surface area contributed by atoms with Crippen LogP contribution in [0.1, 0.15) is 0 Å². The molecule has 1 aromatic heterocycles. The predicted molar refractivity (Wildman–Crippen MR) is 42.5 cm³/mol. The molecule has 13 heavy (non-hydrogen) atoms. The molecule has 0 aliphatic rings. The van der Waals surface area contributed by atoms with Crippen molar-refractivity contribution in [3.8, 4) is 0 Å². The summed E-state index contributed by atoms with van der Waals surface area (Å²) in [7, 11) is 0. The van der Waals surface area contributed by atoms with E-state index in [4.69, 9.17) is 0 Å². The van der Waals surface area contributed by atoms with Crippen LogP contribution in [0.15, 0.2) is 29.1 Å². The maximum absolute atomic E-state index is 13.0. The van der Waals surface area contributed by atoms with Gasteiger partial charge in [-0.05, 0) is 12.1 Å². The molecule has 1 heterocycles. The highest BCUT2D eigenvalue weighted by atomic mass is 19.2. The predicted octanol–water partition coefficient (Wildman–Crippen LogP) is 1.27. The van der Waals surface area contributed by atoms with E-state index in [0.717, 1.165) is 0 Å². The monoisotopic (exact) mass is 182 g/mol. The summed E-state index contributed by atoms with van der Waals surface area (Å²) in [6.45, 7) is 0. The van der Waals surface area contributed by atoms with Crippen LogP contribution in [0.25, 0.3) is 10.9 Å². The molecule has 0 radical (unpaired) electrons. The van der Waals surface area contributed by atoms with Gasteiger partial charge in [-0.3, -0.25) is 0 Å². The van der Waals surface area contributed by atoms with Crippen LogP contribution in [0, 0.1) is 5.95 Å². The summed E-state index contributed by atoms with van der Waals surface area (Å²) >= 11 is 0. The summed E-state index contributed by atoms with van der Waals surface area (Å²) in [4.78, 5) is 13.4. The number of hydrogen-bond acceptors (Lipinski definition) is 2. The minimum atomic E-state index is -1.24. The zero-order chi connectivity index (χ0) is 9.42. The molecule has 66 valence electrons. The Hall–Kier alpha value is -1.78. The van der Waals surface area contributed by atoms with E-state index in [0.29, 0.717) is 0 Å². The normalized spacial score (nSPS) is 10.6. The standard InChI is InChI=1S/C8H4F2N2O/c9-7-5-3-1-2-4-6(5)12(10)8(13)11-7/h1-4H. The van der Waals surface area contributed by atoms with Gasteiger partial charge in [0, 0.05) is 0 Å². The van der Waals surface area contributed by atoms with Crippen molar-refractivity contribution in [1.82, 2.24) is 9.77 Å². The van der Waals surface area contributed by atoms with Gasteiger partial charge >= 0.3 is 5.69 Å². The summed E-state index contributed by atoms with van der Waals surface area (Å²) in [5.41, 5.74) is -1.35. The van der Waals surface area contributed by atoms with Crippen LogP contribution in [0.3, 0.4) is 0 Å². The second-order valence-electron chi connectivity index (χ2n) is 2.48. The molecular weight excluding hydrogens is 178 g/mol. The van der Waals surface area contributed by atoms with Crippen molar-refractivity contribution in [2.45, 2.75) is 0 Å². The van der Waals surface area contributed by atoms with E-state index in [1.54, 1.807) is 0 Å². The highest BCUT2D eigenvalue weighted by Crippen LogP contribution is 2.12. The van der Waals surface area contributed by atoms with E-state index < -0.39 is 11.6 Å². The van der Waals surface area contributed by atoms with Gasteiger partial charge in [0.1, 0.15) is 0 Å². The maximum Gasteiger partial charge on any atom is 0.379 e. The molecule has 0 saturated carbocycles. The smallest absolute Gasteiger partial charge is 0.243 e. The van der Waals surface area contributed by atoms with Gasteiger partial charge in [0.15, 0.2) is 0 Å². The minimum Gasteiger partial charge on any atom is -0.243 e. The van der Waals surface area contributed by atoms with Gasteiger partial charge in [-0.1, -0.05) is 16.6 Å². The maximum atomic E-state index is 13.0. The van der Waals surface area contributed by atoms with E-state index in [1.165, 1.54) is 24.3 Å². The quantitative estimate of drug-likeness (QED) is 0.575. The molecule has 3 nitrogen and oxygen atoms in total. The summed E-state index contributed by atoms with van der Waals surface area (Å²) in [5.74, 6) is -0.950. The lowest BCUT2D eigenvalue weighted by Crippen LogP contribution is -2.19. The number of fused-ring (bicyclic) bond motifs is 1. The second-order valence-corrected chi connectivity index (χ2v) is 2.48. The SMILES string of the molecule is O=c1nc(F)c2ccccc2n1F. The summed E-state index contributed by atoms with van der Waals surface area (Å²) < 4.78 is 25.9. The Kier molecular flexibility index (Phi) is 1.58. The van der Waals surface area contributed by atoms with Gasteiger partial charge in [-0.2, -0.15) is 9.37 Å². The van der Waals surface area contributed by atoms with Crippen molar-refractivity contribution in [3.63, 3.8) is 0 Å². The summed E-state index contributed by atoms with van der Waals surface area (Å²) in [5, 5.41) is -0.00963. The van der Waals surface area contributed by atoms with Crippen molar-refractivity contribution >= 4 is 10.9 Å². The highest BCUT2D eigenvalue weighted by molar-refractivity contribution is 5.78. The van der Waals surface area contributed by atoms with Crippen LogP contribution < -0.4 is 5.69 Å². The van der Waals surface area contributed by atoms with Crippen LogP contribution in [-0.4, -0.2) is 9.77 Å². The van der Waals surface area contributed by atoms with Gasteiger partial charge < -0.3 is 0 Å². The third-order valence-electron chi connectivity index (χ3n) is 1.70. The zero-order valence-corrected chi connectivity index (χ0v) is 6.37. The fraction of sp³-hybridized carbons (Fsp3) is 0. The molecule has 0 unspecified atom stereocenters. The number of rotatable bonds is 0.